The Hall–Kier alpha value is -1.99. The van der Waals surface area contributed by atoms with Gasteiger partial charge in [0.15, 0.2) is 0 Å². The molecule has 4 atom stereocenters. The number of ether oxygens (including phenoxy) is 1. The van der Waals surface area contributed by atoms with Crippen LogP contribution in [0.1, 0.15) is 24.8 Å². The minimum Gasteiger partial charge on any atom is -0.468 e. The summed E-state index contributed by atoms with van der Waals surface area (Å²) in [6, 6.07) is 6.08. The van der Waals surface area contributed by atoms with Gasteiger partial charge in [-0.15, -0.1) is 0 Å². The van der Waals surface area contributed by atoms with Crippen LogP contribution in [-0.2, 0) is 20.7 Å². The number of nitrogens with one attached hydrogen (secondary N) is 3. The van der Waals surface area contributed by atoms with Gasteiger partial charge in [0.1, 0.15) is 11.9 Å². The van der Waals surface area contributed by atoms with Gasteiger partial charge in [-0.3, -0.25) is 15.0 Å². The zero-order valence-corrected chi connectivity index (χ0v) is 13.5. The van der Waals surface area contributed by atoms with Crippen molar-refractivity contribution in [3.8, 4) is 0 Å². The van der Waals surface area contributed by atoms with Crippen LogP contribution in [0, 0.1) is 11.7 Å². The van der Waals surface area contributed by atoms with E-state index in [1.165, 1.54) is 13.2 Å². The topological polar surface area (TPSA) is 79.5 Å². The Bertz CT molecular complexity index is 625. The summed E-state index contributed by atoms with van der Waals surface area (Å²) in [5, 5.41) is 2.97. The van der Waals surface area contributed by atoms with Gasteiger partial charge in [0.05, 0.1) is 13.5 Å². The summed E-state index contributed by atoms with van der Waals surface area (Å²) < 4.78 is 18.5. The Morgan fingerprint density at radius 2 is 2.08 bits per heavy atom. The van der Waals surface area contributed by atoms with Crippen molar-refractivity contribution in [2.24, 2.45) is 5.92 Å². The molecule has 7 heteroatoms. The molecule has 3 N–H and O–H groups in total. The molecular weight excluding hydrogens is 313 g/mol. The van der Waals surface area contributed by atoms with Crippen LogP contribution in [0.15, 0.2) is 24.3 Å². The van der Waals surface area contributed by atoms with E-state index in [1.54, 1.807) is 18.2 Å². The summed E-state index contributed by atoms with van der Waals surface area (Å²) in [5.74, 6) is -0.790. The summed E-state index contributed by atoms with van der Waals surface area (Å²) in [4.78, 5) is 24.0. The number of carbonyl (C=O) groups is 2. The summed E-state index contributed by atoms with van der Waals surface area (Å²) in [6.45, 7) is 0. The van der Waals surface area contributed by atoms with E-state index in [0.717, 1.165) is 12.8 Å². The van der Waals surface area contributed by atoms with Crippen LogP contribution >= 0.6 is 0 Å². The van der Waals surface area contributed by atoms with E-state index in [9.17, 15) is 14.0 Å². The first kappa shape index (κ1) is 16.9. The van der Waals surface area contributed by atoms with Crippen molar-refractivity contribution >= 4 is 11.9 Å². The predicted octanol–water partition coefficient (Wildman–Crippen LogP) is 0.671. The van der Waals surface area contributed by atoms with Crippen molar-refractivity contribution in [2.75, 3.05) is 7.11 Å². The van der Waals surface area contributed by atoms with Crippen LogP contribution in [0.2, 0.25) is 0 Å². The lowest BCUT2D eigenvalue weighted by Crippen LogP contribution is -2.46. The van der Waals surface area contributed by atoms with Gasteiger partial charge in [0.2, 0.25) is 5.91 Å². The Balaban J connectivity index is 1.57. The molecule has 1 aromatic carbocycles. The van der Waals surface area contributed by atoms with Crippen molar-refractivity contribution in [1.82, 2.24) is 16.2 Å². The standard InChI is InChI=1S/C17H22FN3O3/c1-24-17(23)16-12-9-11(6-7-14(12)20-21-16)19-15(22)8-10-4-2-3-5-13(10)18/h2-5,11-12,14,16,20-21H,6-9H2,1H3,(H,19,22). The molecule has 1 amide bonds. The molecule has 1 aromatic rings. The molecule has 1 saturated carbocycles. The van der Waals surface area contributed by atoms with Crippen LogP contribution in [0.4, 0.5) is 4.39 Å². The Morgan fingerprint density at radius 1 is 1.29 bits per heavy atom. The lowest BCUT2D eigenvalue weighted by Gasteiger charge is -2.32. The van der Waals surface area contributed by atoms with E-state index in [1.807, 2.05) is 0 Å². The van der Waals surface area contributed by atoms with Gasteiger partial charge in [0.25, 0.3) is 0 Å². The molecule has 4 unspecified atom stereocenters. The maximum Gasteiger partial charge on any atom is 0.324 e. The molecule has 0 spiro atoms. The van der Waals surface area contributed by atoms with E-state index >= 15 is 0 Å². The van der Waals surface area contributed by atoms with Gasteiger partial charge in [-0.2, -0.15) is 0 Å². The number of benzene rings is 1. The molecule has 1 aliphatic carbocycles. The lowest BCUT2D eigenvalue weighted by atomic mass is 9.79. The Labute approximate surface area is 140 Å². The maximum absolute atomic E-state index is 13.6. The average molecular weight is 335 g/mol. The van der Waals surface area contributed by atoms with E-state index in [2.05, 4.69) is 16.2 Å². The van der Waals surface area contributed by atoms with Gasteiger partial charge < -0.3 is 10.1 Å². The first-order chi connectivity index (χ1) is 11.6. The second kappa shape index (κ2) is 7.27. The first-order valence-corrected chi connectivity index (χ1v) is 8.20. The molecule has 1 saturated heterocycles. The molecule has 1 aliphatic heterocycles. The zero-order valence-electron chi connectivity index (χ0n) is 13.5. The van der Waals surface area contributed by atoms with Crippen LogP contribution in [-0.4, -0.2) is 37.1 Å². The summed E-state index contributed by atoms with van der Waals surface area (Å²) in [6.07, 6.45) is 2.39. The quantitative estimate of drug-likeness (QED) is 0.705. The molecule has 1 heterocycles. The minimum atomic E-state index is -0.397. The molecule has 130 valence electrons. The number of methoxy groups -OCH3 is 1. The van der Waals surface area contributed by atoms with Gasteiger partial charge in [-0.1, -0.05) is 18.2 Å². The smallest absolute Gasteiger partial charge is 0.324 e. The molecule has 2 fully saturated rings. The van der Waals surface area contributed by atoms with Gasteiger partial charge in [-0.05, 0) is 30.9 Å². The Morgan fingerprint density at radius 3 is 2.83 bits per heavy atom. The SMILES string of the molecule is COC(=O)C1NNC2CCC(NC(=O)Cc3ccccc3F)CC21. The number of amides is 1. The predicted molar refractivity (Wildman–Crippen MR) is 85.2 cm³/mol. The second-order valence-corrected chi connectivity index (χ2v) is 6.41. The lowest BCUT2D eigenvalue weighted by molar-refractivity contribution is -0.144. The van der Waals surface area contributed by atoms with E-state index in [4.69, 9.17) is 4.74 Å². The van der Waals surface area contributed by atoms with Gasteiger partial charge in [0, 0.05) is 18.0 Å². The fourth-order valence-electron chi connectivity index (χ4n) is 3.64. The number of esters is 1. The summed E-state index contributed by atoms with van der Waals surface area (Å²) >= 11 is 0. The van der Waals surface area contributed by atoms with E-state index in [0.29, 0.717) is 12.0 Å². The minimum absolute atomic E-state index is 0.0145. The van der Waals surface area contributed by atoms with Crippen LogP contribution in [0.5, 0.6) is 0 Å². The van der Waals surface area contributed by atoms with Crippen molar-refractivity contribution in [3.63, 3.8) is 0 Å². The van der Waals surface area contributed by atoms with E-state index < -0.39 is 6.04 Å². The molecular formula is C17H22FN3O3. The third-order valence-corrected chi connectivity index (χ3v) is 4.88. The average Bonchev–Trinajstić information content (AvgIpc) is 2.99. The third kappa shape index (κ3) is 3.57. The number of hydrazine groups is 1. The number of hydrogen-bond donors (Lipinski definition) is 3. The highest BCUT2D eigenvalue weighted by molar-refractivity contribution is 5.79. The second-order valence-electron chi connectivity index (χ2n) is 6.41. The summed E-state index contributed by atoms with van der Waals surface area (Å²) in [7, 11) is 1.37. The maximum atomic E-state index is 13.6. The fourth-order valence-corrected chi connectivity index (χ4v) is 3.64. The molecule has 6 nitrogen and oxygen atoms in total. The largest absolute Gasteiger partial charge is 0.468 e. The third-order valence-electron chi connectivity index (χ3n) is 4.88. The number of halogens is 1. The van der Waals surface area contributed by atoms with Crippen LogP contribution in [0.3, 0.4) is 0 Å². The normalized spacial score (nSPS) is 28.9. The van der Waals surface area contributed by atoms with Crippen LogP contribution in [0.25, 0.3) is 0 Å². The van der Waals surface area contributed by atoms with Crippen molar-refractivity contribution in [2.45, 2.75) is 43.8 Å². The molecule has 24 heavy (non-hydrogen) atoms. The zero-order chi connectivity index (χ0) is 17.1. The molecule has 3 rings (SSSR count). The van der Waals surface area contributed by atoms with Crippen LogP contribution < -0.4 is 16.2 Å². The first-order valence-electron chi connectivity index (χ1n) is 8.20. The monoisotopic (exact) mass is 335 g/mol. The number of rotatable bonds is 4. The Kier molecular flexibility index (Phi) is 5.11. The highest BCUT2D eigenvalue weighted by Crippen LogP contribution is 2.31. The fraction of sp³-hybridized carbons (Fsp3) is 0.529. The molecule has 0 radical (unpaired) electrons. The molecule has 0 bridgehead atoms. The highest BCUT2D eigenvalue weighted by atomic mass is 19.1. The van der Waals surface area contributed by atoms with Crippen molar-refractivity contribution in [1.29, 1.82) is 0 Å². The van der Waals surface area contributed by atoms with Crippen molar-refractivity contribution in [3.05, 3.63) is 35.6 Å². The van der Waals surface area contributed by atoms with Gasteiger partial charge >= 0.3 is 5.97 Å². The molecule has 2 aliphatic rings. The van der Waals surface area contributed by atoms with E-state index in [-0.39, 0.29) is 42.1 Å². The van der Waals surface area contributed by atoms with Gasteiger partial charge in [-0.25, -0.2) is 9.82 Å². The molecule has 0 aromatic heterocycles. The highest BCUT2D eigenvalue weighted by Gasteiger charge is 2.44. The number of carbonyl (C=O) groups excluding carboxylic acids is 2. The van der Waals surface area contributed by atoms with Crippen molar-refractivity contribution < 1.29 is 18.7 Å². The summed E-state index contributed by atoms with van der Waals surface area (Å²) in [5.41, 5.74) is 6.50. The number of fused-ring (bicyclic) bond motifs is 1. The number of hydrogen-bond acceptors (Lipinski definition) is 5.